The molecule has 110 valence electrons. The number of phenols is 1. The van der Waals surface area contributed by atoms with Crippen molar-refractivity contribution in [2.45, 2.75) is 6.42 Å². The van der Waals surface area contributed by atoms with E-state index in [2.05, 4.69) is 15.3 Å². The number of carboxylic acids is 1. The maximum absolute atomic E-state index is 10.8. The number of benzene rings is 2. The summed E-state index contributed by atoms with van der Waals surface area (Å²) in [7, 11) is 0. The van der Waals surface area contributed by atoms with Gasteiger partial charge in [0.25, 0.3) is 0 Å². The highest BCUT2D eigenvalue weighted by Crippen LogP contribution is 2.27. The van der Waals surface area contributed by atoms with E-state index in [1.54, 1.807) is 18.3 Å². The lowest BCUT2D eigenvalue weighted by molar-refractivity contribution is -0.136. The number of phenolic OH excluding ortho intramolecular Hbond substituents is 1. The molecule has 1 aromatic heterocycles. The summed E-state index contributed by atoms with van der Waals surface area (Å²) in [4.78, 5) is 19.4. The molecule has 0 spiro atoms. The summed E-state index contributed by atoms with van der Waals surface area (Å²) in [5, 5.41) is 21.7. The Balaban J connectivity index is 1.91. The number of hydrogen-bond acceptors (Lipinski definition) is 5. The molecule has 0 saturated heterocycles. The number of hydrogen-bond donors (Lipinski definition) is 3. The number of fused-ring (bicyclic) bond motifs is 1. The first kappa shape index (κ1) is 13.8. The highest BCUT2D eigenvalue weighted by molar-refractivity contribution is 5.77. The fourth-order valence-electron chi connectivity index (χ4n) is 2.12. The van der Waals surface area contributed by atoms with Gasteiger partial charge in [0.15, 0.2) is 0 Å². The van der Waals surface area contributed by atoms with Gasteiger partial charge in [-0.1, -0.05) is 18.2 Å². The molecule has 3 N–H and O–H groups in total. The quantitative estimate of drug-likeness (QED) is 0.640. The minimum absolute atomic E-state index is 0.0177. The zero-order valence-electron chi connectivity index (χ0n) is 11.5. The van der Waals surface area contributed by atoms with Crippen LogP contribution in [0.1, 0.15) is 5.56 Å². The molecule has 1 heterocycles. The average Bonchev–Trinajstić information content (AvgIpc) is 2.50. The van der Waals surface area contributed by atoms with E-state index in [1.807, 2.05) is 24.3 Å². The molecule has 0 amide bonds. The average molecular weight is 295 g/mol. The molecule has 0 aliphatic heterocycles. The Labute approximate surface area is 126 Å². The van der Waals surface area contributed by atoms with Gasteiger partial charge in [-0.15, -0.1) is 0 Å². The van der Waals surface area contributed by atoms with Crippen molar-refractivity contribution in [3.8, 4) is 5.75 Å². The summed E-state index contributed by atoms with van der Waals surface area (Å²) < 4.78 is 0. The first-order chi connectivity index (χ1) is 10.6. The molecule has 0 fully saturated rings. The second-order valence-corrected chi connectivity index (χ2v) is 4.79. The van der Waals surface area contributed by atoms with Gasteiger partial charge < -0.3 is 15.5 Å². The molecular weight excluding hydrogens is 282 g/mol. The molecule has 3 rings (SSSR count). The monoisotopic (exact) mass is 295 g/mol. The summed E-state index contributed by atoms with van der Waals surface area (Å²) in [6.45, 7) is 0. The summed E-state index contributed by atoms with van der Waals surface area (Å²) in [5.74, 6) is -0.437. The molecule has 2 aromatic carbocycles. The topological polar surface area (TPSA) is 95.3 Å². The van der Waals surface area contributed by atoms with Crippen LogP contribution in [0.15, 0.2) is 48.7 Å². The molecule has 22 heavy (non-hydrogen) atoms. The second kappa shape index (κ2) is 5.69. The van der Waals surface area contributed by atoms with Crippen LogP contribution in [0.4, 0.5) is 11.5 Å². The fourth-order valence-corrected chi connectivity index (χ4v) is 2.12. The van der Waals surface area contributed by atoms with Gasteiger partial charge in [-0.3, -0.25) is 9.78 Å². The van der Waals surface area contributed by atoms with Crippen molar-refractivity contribution in [1.29, 1.82) is 0 Å². The van der Waals surface area contributed by atoms with E-state index in [1.165, 1.54) is 6.07 Å². The van der Waals surface area contributed by atoms with Crippen molar-refractivity contribution in [3.63, 3.8) is 0 Å². The molecule has 0 radical (unpaired) electrons. The number of carbonyl (C=O) groups is 1. The van der Waals surface area contributed by atoms with Crippen molar-refractivity contribution in [3.05, 3.63) is 54.2 Å². The van der Waals surface area contributed by atoms with Crippen molar-refractivity contribution < 1.29 is 15.0 Å². The standard InChI is InChI=1S/C16H13N3O3/c20-14-6-5-10(8-16(21)22)7-13(14)19-15-9-17-11-3-1-2-4-12(11)18-15/h1-7,9,20H,8H2,(H,18,19)(H,21,22). The van der Waals surface area contributed by atoms with E-state index in [0.717, 1.165) is 11.0 Å². The van der Waals surface area contributed by atoms with Crippen LogP contribution in [0.25, 0.3) is 11.0 Å². The van der Waals surface area contributed by atoms with Gasteiger partial charge >= 0.3 is 5.97 Å². The predicted octanol–water partition coefficient (Wildman–Crippen LogP) is 2.71. The zero-order chi connectivity index (χ0) is 15.5. The number of carboxylic acid groups (broad SMARTS) is 1. The third-order valence-corrected chi connectivity index (χ3v) is 3.13. The van der Waals surface area contributed by atoms with Crippen LogP contribution < -0.4 is 5.32 Å². The van der Waals surface area contributed by atoms with Gasteiger partial charge in [0, 0.05) is 0 Å². The second-order valence-electron chi connectivity index (χ2n) is 4.79. The number of para-hydroxylation sites is 2. The van der Waals surface area contributed by atoms with Crippen LogP contribution in [0.3, 0.4) is 0 Å². The maximum Gasteiger partial charge on any atom is 0.307 e. The Morgan fingerprint density at radius 1 is 1.14 bits per heavy atom. The Morgan fingerprint density at radius 3 is 2.68 bits per heavy atom. The smallest absolute Gasteiger partial charge is 0.307 e. The van der Waals surface area contributed by atoms with Gasteiger partial charge in [-0.25, -0.2) is 4.98 Å². The predicted molar refractivity (Wildman–Crippen MR) is 82.3 cm³/mol. The SMILES string of the molecule is O=C(O)Cc1ccc(O)c(Nc2cnc3ccccc3n2)c1. The Kier molecular flexibility index (Phi) is 3.57. The Hall–Kier alpha value is -3.15. The van der Waals surface area contributed by atoms with Crippen molar-refractivity contribution in [1.82, 2.24) is 9.97 Å². The number of aliphatic carboxylic acids is 1. The van der Waals surface area contributed by atoms with Crippen molar-refractivity contribution in [2.24, 2.45) is 0 Å². The normalized spacial score (nSPS) is 10.5. The van der Waals surface area contributed by atoms with E-state index in [-0.39, 0.29) is 12.2 Å². The van der Waals surface area contributed by atoms with Crippen LogP contribution in [0.5, 0.6) is 5.75 Å². The van der Waals surface area contributed by atoms with E-state index < -0.39 is 5.97 Å². The van der Waals surface area contributed by atoms with Crippen LogP contribution in [-0.4, -0.2) is 26.2 Å². The van der Waals surface area contributed by atoms with Gasteiger partial charge in [0.1, 0.15) is 11.6 Å². The number of nitrogens with one attached hydrogen (secondary N) is 1. The lowest BCUT2D eigenvalue weighted by Gasteiger charge is -2.09. The molecule has 0 saturated carbocycles. The zero-order valence-corrected chi connectivity index (χ0v) is 11.5. The molecule has 6 nitrogen and oxygen atoms in total. The Morgan fingerprint density at radius 2 is 1.91 bits per heavy atom. The number of anilines is 2. The number of nitrogens with zero attached hydrogens (tertiary/aromatic N) is 2. The molecule has 3 aromatic rings. The summed E-state index contributed by atoms with van der Waals surface area (Å²) in [6.07, 6.45) is 1.45. The number of aromatic hydroxyl groups is 1. The molecule has 0 unspecified atom stereocenters. The summed E-state index contributed by atoms with van der Waals surface area (Å²) in [5.41, 5.74) is 2.48. The van der Waals surface area contributed by atoms with E-state index >= 15 is 0 Å². The number of rotatable bonds is 4. The molecule has 0 aliphatic carbocycles. The van der Waals surface area contributed by atoms with Gasteiger partial charge in [-0.2, -0.15) is 0 Å². The fraction of sp³-hybridized carbons (Fsp3) is 0.0625. The van der Waals surface area contributed by atoms with E-state index in [9.17, 15) is 9.90 Å². The molecular formula is C16H13N3O3. The first-order valence-corrected chi connectivity index (χ1v) is 6.64. The molecule has 0 bridgehead atoms. The maximum atomic E-state index is 10.8. The third kappa shape index (κ3) is 2.95. The van der Waals surface area contributed by atoms with Crippen LogP contribution in [0.2, 0.25) is 0 Å². The van der Waals surface area contributed by atoms with Gasteiger partial charge in [0.05, 0.1) is 29.3 Å². The highest BCUT2D eigenvalue weighted by Gasteiger charge is 2.07. The van der Waals surface area contributed by atoms with Gasteiger partial charge in [0.2, 0.25) is 0 Å². The largest absolute Gasteiger partial charge is 0.506 e. The van der Waals surface area contributed by atoms with Crippen molar-refractivity contribution in [2.75, 3.05) is 5.32 Å². The lowest BCUT2D eigenvalue weighted by atomic mass is 10.1. The van der Waals surface area contributed by atoms with E-state index in [4.69, 9.17) is 5.11 Å². The number of aromatic nitrogens is 2. The van der Waals surface area contributed by atoms with Crippen LogP contribution >= 0.6 is 0 Å². The minimum atomic E-state index is -0.929. The third-order valence-electron chi connectivity index (χ3n) is 3.13. The van der Waals surface area contributed by atoms with Crippen molar-refractivity contribution >= 4 is 28.5 Å². The van der Waals surface area contributed by atoms with Gasteiger partial charge in [-0.05, 0) is 29.8 Å². The molecule has 0 atom stereocenters. The summed E-state index contributed by atoms with van der Waals surface area (Å²) >= 11 is 0. The lowest BCUT2D eigenvalue weighted by Crippen LogP contribution is -2.01. The van der Waals surface area contributed by atoms with E-state index in [0.29, 0.717) is 17.1 Å². The highest BCUT2D eigenvalue weighted by atomic mass is 16.4. The van der Waals surface area contributed by atoms with Crippen LogP contribution in [0, 0.1) is 0 Å². The molecule has 6 heteroatoms. The first-order valence-electron chi connectivity index (χ1n) is 6.64. The molecule has 0 aliphatic rings. The minimum Gasteiger partial charge on any atom is -0.506 e. The summed E-state index contributed by atoms with van der Waals surface area (Å²) in [6, 6.07) is 12.1. The Bertz CT molecular complexity index is 849. The van der Waals surface area contributed by atoms with Crippen LogP contribution in [-0.2, 0) is 11.2 Å².